The van der Waals surface area contributed by atoms with Gasteiger partial charge in [0.05, 0.1) is 23.5 Å². The van der Waals surface area contributed by atoms with Crippen LogP contribution in [-0.2, 0) is 4.79 Å². The Hall–Kier alpha value is -2.05. The van der Waals surface area contributed by atoms with Crippen molar-refractivity contribution in [2.24, 2.45) is 5.92 Å². The van der Waals surface area contributed by atoms with Crippen LogP contribution in [0.1, 0.15) is 38.9 Å². The lowest BCUT2D eigenvalue weighted by Crippen LogP contribution is -2.36. The molecule has 0 aliphatic rings. The van der Waals surface area contributed by atoms with Crippen LogP contribution in [0.2, 0.25) is 0 Å². The van der Waals surface area contributed by atoms with Crippen molar-refractivity contribution in [1.82, 2.24) is 14.7 Å². The van der Waals surface area contributed by atoms with E-state index < -0.39 is 11.9 Å². The van der Waals surface area contributed by atoms with Crippen molar-refractivity contribution in [2.75, 3.05) is 18.9 Å². The first kappa shape index (κ1) is 17.0. The summed E-state index contributed by atoms with van der Waals surface area (Å²) in [4.78, 5) is 24.2. The summed E-state index contributed by atoms with van der Waals surface area (Å²) in [5, 5.41) is 15.9. The van der Waals surface area contributed by atoms with E-state index in [2.05, 4.69) is 24.3 Å². The molecule has 2 atom stereocenters. The van der Waals surface area contributed by atoms with Crippen LogP contribution in [-0.4, -0.2) is 45.4 Å². The van der Waals surface area contributed by atoms with Crippen molar-refractivity contribution in [2.45, 2.75) is 40.2 Å². The number of amides is 2. The maximum absolute atomic E-state index is 12.1. The number of rotatable bonds is 6. The topological polar surface area (TPSA) is 87.5 Å². The molecule has 0 aliphatic heterocycles. The number of urea groups is 1. The van der Waals surface area contributed by atoms with Crippen molar-refractivity contribution in [3.63, 3.8) is 0 Å². The first-order chi connectivity index (χ1) is 9.77. The summed E-state index contributed by atoms with van der Waals surface area (Å²) >= 11 is 0. The Morgan fingerprint density at radius 3 is 2.62 bits per heavy atom. The Kier molecular flexibility index (Phi) is 5.75. The maximum atomic E-state index is 12.1. The number of aromatic nitrogens is 2. The Bertz CT molecular complexity index is 512. The van der Waals surface area contributed by atoms with Gasteiger partial charge in [0.15, 0.2) is 0 Å². The van der Waals surface area contributed by atoms with Gasteiger partial charge in [-0.15, -0.1) is 0 Å². The Morgan fingerprint density at radius 2 is 2.10 bits per heavy atom. The minimum atomic E-state index is -0.921. The average molecular weight is 296 g/mol. The molecule has 2 unspecified atom stereocenters. The van der Waals surface area contributed by atoms with Crippen molar-refractivity contribution < 1.29 is 14.7 Å². The number of carbonyl (C=O) groups is 2. The number of nitrogens with zero attached hydrogens (tertiary/aromatic N) is 3. The lowest BCUT2D eigenvalue weighted by molar-refractivity contribution is -0.141. The number of hydrogen-bond donors (Lipinski definition) is 2. The van der Waals surface area contributed by atoms with Gasteiger partial charge in [-0.05, 0) is 20.3 Å². The molecule has 7 nitrogen and oxygen atoms in total. The highest BCUT2D eigenvalue weighted by Crippen LogP contribution is 2.19. The van der Waals surface area contributed by atoms with Crippen LogP contribution in [0.15, 0.2) is 6.20 Å². The fourth-order valence-electron chi connectivity index (χ4n) is 1.95. The molecule has 0 saturated heterocycles. The highest BCUT2D eigenvalue weighted by molar-refractivity contribution is 5.89. The highest BCUT2D eigenvalue weighted by Gasteiger charge is 2.19. The maximum Gasteiger partial charge on any atom is 0.321 e. The van der Waals surface area contributed by atoms with Gasteiger partial charge in [-0.3, -0.25) is 9.48 Å². The Morgan fingerprint density at radius 1 is 1.48 bits per heavy atom. The molecule has 118 valence electrons. The number of carboxylic acids is 1. The molecule has 1 aromatic rings. The van der Waals surface area contributed by atoms with Crippen molar-refractivity contribution in [3.05, 3.63) is 11.9 Å². The number of aliphatic carboxylic acids is 1. The van der Waals surface area contributed by atoms with Crippen LogP contribution < -0.4 is 5.32 Å². The number of anilines is 1. The smallest absolute Gasteiger partial charge is 0.321 e. The van der Waals surface area contributed by atoms with Gasteiger partial charge < -0.3 is 15.3 Å². The molecule has 0 spiro atoms. The van der Waals surface area contributed by atoms with Crippen molar-refractivity contribution in [3.8, 4) is 0 Å². The molecule has 1 heterocycles. The van der Waals surface area contributed by atoms with E-state index in [0.29, 0.717) is 5.69 Å². The highest BCUT2D eigenvalue weighted by atomic mass is 16.4. The predicted molar refractivity (Wildman–Crippen MR) is 80.4 cm³/mol. The number of carboxylic acid groups (broad SMARTS) is 1. The van der Waals surface area contributed by atoms with Crippen LogP contribution >= 0.6 is 0 Å². The molecule has 2 N–H and O–H groups in total. The third-order valence-electron chi connectivity index (χ3n) is 3.61. The second-order valence-corrected chi connectivity index (χ2v) is 5.40. The molecule has 0 fully saturated rings. The summed E-state index contributed by atoms with van der Waals surface area (Å²) in [5.41, 5.74) is 1.53. The van der Waals surface area contributed by atoms with E-state index in [0.717, 1.165) is 12.1 Å². The van der Waals surface area contributed by atoms with E-state index >= 15 is 0 Å². The van der Waals surface area contributed by atoms with Gasteiger partial charge in [-0.1, -0.05) is 13.8 Å². The first-order valence-corrected chi connectivity index (χ1v) is 7.06. The van der Waals surface area contributed by atoms with Gasteiger partial charge in [0.2, 0.25) is 0 Å². The second kappa shape index (κ2) is 7.10. The zero-order valence-corrected chi connectivity index (χ0v) is 13.3. The number of carbonyl (C=O) groups excluding carboxylic acids is 1. The second-order valence-electron chi connectivity index (χ2n) is 5.40. The fourth-order valence-corrected chi connectivity index (χ4v) is 1.95. The Balaban J connectivity index is 2.71. The van der Waals surface area contributed by atoms with Crippen LogP contribution in [0.3, 0.4) is 0 Å². The van der Waals surface area contributed by atoms with Crippen LogP contribution in [0.25, 0.3) is 0 Å². The molecule has 7 heteroatoms. The molecular formula is C14H24N4O3. The van der Waals surface area contributed by atoms with E-state index in [9.17, 15) is 9.59 Å². The number of hydrogen-bond acceptors (Lipinski definition) is 3. The largest absolute Gasteiger partial charge is 0.481 e. The third kappa shape index (κ3) is 4.21. The first-order valence-electron chi connectivity index (χ1n) is 7.06. The normalized spacial score (nSPS) is 13.6. The predicted octanol–water partition coefficient (Wildman–Crippen LogP) is 2.35. The SMILES string of the molecule is CCC(C)n1ncc(NC(=O)N(C)CC(C)C(=O)O)c1C. The van der Waals surface area contributed by atoms with E-state index in [1.54, 1.807) is 20.2 Å². The molecule has 0 aliphatic carbocycles. The molecule has 21 heavy (non-hydrogen) atoms. The summed E-state index contributed by atoms with van der Waals surface area (Å²) < 4.78 is 1.87. The monoisotopic (exact) mass is 296 g/mol. The summed E-state index contributed by atoms with van der Waals surface area (Å²) in [6, 6.07) is -0.0738. The summed E-state index contributed by atoms with van der Waals surface area (Å²) in [7, 11) is 1.57. The van der Waals surface area contributed by atoms with Crippen LogP contribution in [0.4, 0.5) is 10.5 Å². The minimum absolute atomic E-state index is 0.152. The van der Waals surface area contributed by atoms with Crippen molar-refractivity contribution in [1.29, 1.82) is 0 Å². The molecule has 0 saturated carbocycles. The van der Waals surface area contributed by atoms with Crippen LogP contribution in [0.5, 0.6) is 0 Å². The van der Waals surface area contributed by atoms with Gasteiger partial charge >= 0.3 is 12.0 Å². The zero-order chi connectivity index (χ0) is 16.2. The van der Waals surface area contributed by atoms with Crippen molar-refractivity contribution >= 4 is 17.7 Å². The summed E-state index contributed by atoms with van der Waals surface area (Å²) in [6.45, 7) is 7.75. The standard InChI is InChI=1S/C14H24N4O3/c1-6-10(3)18-11(4)12(7-15-18)16-14(21)17(5)8-9(2)13(19)20/h7,9-10H,6,8H2,1-5H3,(H,16,21)(H,19,20). The molecule has 1 aromatic heterocycles. The number of nitrogens with one attached hydrogen (secondary N) is 1. The molecule has 2 amide bonds. The van der Waals surface area contributed by atoms with Gasteiger partial charge in [-0.25, -0.2) is 4.79 Å². The summed E-state index contributed by atoms with van der Waals surface area (Å²) in [6.07, 6.45) is 2.57. The van der Waals surface area contributed by atoms with Gasteiger partial charge in [0, 0.05) is 19.6 Å². The third-order valence-corrected chi connectivity index (χ3v) is 3.61. The average Bonchev–Trinajstić information content (AvgIpc) is 2.79. The van der Waals surface area contributed by atoms with Gasteiger partial charge in [-0.2, -0.15) is 5.10 Å². The van der Waals surface area contributed by atoms with Crippen LogP contribution in [0, 0.1) is 12.8 Å². The lowest BCUT2D eigenvalue weighted by Gasteiger charge is -2.20. The summed E-state index contributed by atoms with van der Waals surface area (Å²) in [5.74, 6) is -1.53. The molecule has 1 rings (SSSR count). The molecule has 0 radical (unpaired) electrons. The van der Waals surface area contributed by atoms with E-state index in [1.807, 2.05) is 11.6 Å². The van der Waals surface area contributed by atoms with E-state index in [4.69, 9.17) is 5.11 Å². The molecular weight excluding hydrogens is 272 g/mol. The fraction of sp³-hybridized carbons (Fsp3) is 0.643. The van der Waals surface area contributed by atoms with E-state index in [-0.39, 0.29) is 18.6 Å². The van der Waals surface area contributed by atoms with Gasteiger partial charge in [0.1, 0.15) is 0 Å². The van der Waals surface area contributed by atoms with E-state index in [1.165, 1.54) is 4.90 Å². The lowest BCUT2D eigenvalue weighted by atomic mass is 10.2. The Labute approximate surface area is 124 Å². The quantitative estimate of drug-likeness (QED) is 0.843. The molecule has 0 aromatic carbocycles. The van der Waals surface area contributed by atoms with Gasteiger partial charge in [0.25, 0.3) is 0 Å². The molecule has 0 bridgehead atoms. The minimum Gasteiger partial charge on any atom is -0.481 e. The zero-order valence-electron chi connectivity index (χ0n) is 13.3.